The lowest BCUT2D eigenvalue weighted by Crippen LogP contribution is -2.35. The molecule has 5 rings (SSSR count). The monoisotopic (exact) mass is 471 g/mol. The first kappa shape index (κ1) is 22.5. The lowest BCUT2D eigenvalue weighted by molar-refractivity contribution is 0.0738. The molecule has 9 heteroatoms. The highest BCUT2D eigenvalue weighted by Crippen LogP contribution is 2.34. The molecule has 1 aliphatic heterocycles. The molecule has 2 amide bonds. The molecule has 178 valence electrons. The summed E-state index contributed by atoms with van der Waals surface area (Å²) in [6.45, 7) is 4.27. The van der Waals surface area contributed by atoms with E-state index in [1.54, 1.807) is 60.0 Å². The fourth-order valence-electron chi connectivity index (χ4n) is 4.89. The van der Waals surface area contributed by atoms with Gasteiger partial charge >= 0.3 is 0 Å². The van der Waals surface area contributed by atoms with Crippen LogP contribution in [0.4, 0.5) is 0 Å². The van der Waals surface area contributed by atoms with E-state index in [9.17, 15) is 9.59 Å². The molecule has 0 aliphatic carbocycles. The number of hydrogen-bond acceptors (Lipinski definition) is 6. The van der Waals surface area contributed by atoms with Crippen LogP contribution >= 0.6 is 0 Å². The summed E-state index contributed by atoms with van der Waals surface area (Å²) in [5.41, 5.74) is 3.05. The largest absolute Gasteiger partial charge is 0.460 e. The SMILES string of the molecule is CNC(=O)c1c(C)oc2cc(Oc3ccnn4cc(C(=O)N5CCCC5CC#N)c(C)c34)ccc12. The Labute approximate surface area is 201 Å². The Morgan fingerprint density at radius 2 is 2.14 bits per heavy atom. The van der Waals surface area contributed by atoms with Crippen LogP contribution in [0.3, 0.4) is 0 Å². The number of benzene rings is 1. The number of nitriles is 1. The number of fused-ring (bicyclic) bond motifs is 2. The van der Waals surface area contributed by atoms with Gasteiger partial charge in [-0.1, -0.05) is 0 Å². The molecule has 0 spiro atoms. The number of furan rings is 1. The third-order valence-corrected chi connectivity index (χ3v) is 6.60. The van der Waals surface area contributed by atoms with Gasteiger partial charge in [-0.3, -0.25) is 9.59 Å². The van der Waals surface area contributed by atoms with Gasteiger partial charge < -0.3 is 19.4 Å². The standard InChI is InChI=1S/C26H25N5O4/c1-15-20(26(33)30-12-4-5-17(30)8-10-27)14-31-24(15)21(9-11-29-31)35-18-6-7-19-22(13-18)34-16(2)23(19)25(32)28-3/h6-7,9,11,13-14,17H,4-5,8,12H2,1-3H3,(H,28,32). The lowest BCUT2D eigenvalue weighted by Gasteiger charge is -2.22. The van der Waals surface area contributed by atoms with E-state index in [1.807, 2.05) is 6.92 Å². The molecule has 1 unspecified atom stereocenters. The minimum Gasteiger partial charge on any atom is -0.460 e. The summed E-state index contributed by atoms with van der Waals surface area (Å²) < 4.78 is 13.7. The topological polar surface area (TPSA) is 113 Å². The molecule has 35 heavy (non-hydrogen) atoms. The van der Waals surface area contributed by atoms with Gasteiger partial charge in [0, 0.05) is 43.4 Å². The van der Waals surface area contributed by atoms with Crippen LogP contribution in [0.15, 0.2) is 41.1 Å². The van der Waals surface area contributed by atoms with Crippen LogP contribution in [0.1, 0.15) is 51.3 Å². The highest BCUT2D eigenvalue weighted by atomic mass is 16.5. The van der Waals surface area contributed by atoms with Crippen molar-refractivity contribution >= 4 is 28.3 Å². The van der Waals surface area contributed by atoms with Gasteiger partial charge in [0.05, 0.1) is 29.8 Å². The number of carbonyl (C=O) groups is 2. The highest BCUT2D eigenvalue weighted by Gasteiger charge is 2.31. The molecular weight excluding hydrogens is 446 g/mol. The number of ether oxygens (including phenoxy) is 1. The van der Waals surface area contributed by atoms with Crippen LogP contribution in [0.2, 0.25) is 0 Å². The molecule has 1 atom stereocenters. The molecule has 1 aromatic carbocycles. The molecule has 1 fully saturated rings. The van der Waals surface area contributed by atoms with Gasteiger partial charge in [0.1, 0.15) is 22.6 Å². The second kappa shape index (κ2) is 8.80. The van der Waals surface area contributed by atoms with Gasteiger partial charge in [-0.05, 0) is 44.4 Å². The first-order valence-electron chi connectivity index (χ1n) is 11.5. The smallest absolute Gasteiger partial charge is 0.256 e. The van der Waals surface area contributed by atoms with Crippen molar-refractivity contribution in [1.82, 2.24) is 19.8 Å². The van der Waals surface area contributed by atoms with E-state index in [-0.39, 0.29) is 17.9 Å². The minimum atomic E-state index is -0.207. The quantitative estimate of drug-likeness (QED) is 0.463. The number of aromatic nitrogens is 2. The van der Waals surface area contributed by atoms with E-state index in [2.05, 4.69) is 16.5 Å². The van der Waals surface area contributed by atoms with Gasteiger partial charge in [-0.15, -0.1) is 0 Å². The molecule has 9 nitrogen and oxygen atoms in total. The average molecular weight is 472 g/mol. The Morgan fingerprint density at radius 3 is 2.91 bits per heavy atom. The third kappa shape index (κ3) is 3.77. The van der Waals surface area contributed by atoms with Crippen LogP contribution in [0.5, 0.6) is 11.5 Å². The van der Waals surface area contributed by atoms with Crippen molar-refractivity contribution in [3.8, 4) is 17.6 Å². The van der Waals surface area contributed by atoms with Crippen LogP contribution in [0.25, 0.3) is 16.5 Å². The fourth-order valence-corrected chi connectivity index (χ4v) is 4.89. The van der Waals surface area contributed by atoms with Crippen LogP contribution < -0.4 is 10.1 Å². The van der Waals surface area contributed by atoms with Crippen molar-refractivity contribution < 1.29 is 18.7 Å². The number of rotatable bonds is 5. The van der Waals surface area contributed by atoms with E-state index in [0.717, 1.165) is 18.4 Å². The molecule has 0 bridgehead atoms. The number of aryl methyl sites for hydroxylation is 2. The number of hydrogen-bond donors (Lipinski definition) is 1. The summed E-state index contributed by atoms with van der Waals surface area (Å²) in [5, 5.41) is 16.8. The second-order valence-electron chi connectivity index (χ2n) is 8.69. The van der Waals surface area contributed by atoms with E-state index in [4.69, 9.17) is 14.4 Å². The Balaban J connectivity index is 1.50. The van der Waals surface area contributed by atoms with Crippen molar-refractivity contribution in [3.63, 3.8) is 0 Å². The summed E-state index contributed by atoms with van der Waals surface area (Å²) >= 11 is 0. The van der Waals surface area contributed by atoms with Crippen LogP contribution in [0, 0.1) is 25.2 Å². The first-order chi connectivity index (χ1) is 16.9. The fraction of sp³-hybridized carbons (Fsp3) is 0.308. The minimum absolute atomic E-state index is 0.0539. The molecule has 0 saturated carbocycles. The van der Waals surface area contributed by atoms with Crippen LogP contribution in [-0.2, 0) is 0 Å². The summed E-state index contributed by atoms with van der Waals surface area (Å²) in [5.74, 6) is 1.31. The summed E-state index contributed by atoms with van der Waals surface area (Å²) in [4.78, 5) is 27.4. The van der Waals surface area contributed by atoms with Crippen molar-refractivity contribution in [2.45, 2.75) is 39.2 Å². The lowest BCUT2D eigenvalue weighted by atomic mass is 10.1. The van der Waals surface area contributed by atoms with E-state index < -0.39 is 0 Å². The molecular formula is C26H25N5O4. The van der Waals surface area contributed by atoms with Crippen molar-refractivity contribution in [2.24, 2.45) is 0 Å². The number of likely N-dealkylation sites (tertiary alicyclic amines) is 1. The molecule has 1 N–H and O–H groups in total. The number of nitrogens with one attached hydrogen (secondary N) is 1. The zero-order chi connectivity index (χ0) is 24.7. The molecule has 1 aliphatic rings. The zero-order valence-corrected chi connectivity index (χ0v) is 19.8. The summed E-state index contributed by atoms with van der Waals surface area (Å²) in [6, 6.07) is 9.20. The number of nitrogens with zero attached hydrogens (tertiary/aromatic N) is 4. The van der Waals surface area contributed by atoms with Gasteiger partial charge in [0.25, 0.3) is 11.8 Å². The summed E-state index contributed by atoms with van der Waals surface area (Å²) in [6.07, 6.45) is 5.41. The van der Waals surface area contributed by atoms with E-state index in [0.29, 0.717) is 57.8 Å². The predicted molar refractivity (Wildman–Crippen MR) is 129 cm³/mol. The first-order valence-corrected chi connectivity index (χ1v) is 11.5. The second-order valence-corrected chi connectivity index (χ2v) is 8.69. The Kier molecular flexibility index (Phi) is 5.65. The Hall–Kier alpha value is -4.32. The molecule has 0 radical (unpaired) electrons. The van der Waals surface area contributed by atoms with Gasteiger partial charge in [0.2, 0.25) is 0 Å². The molecule has 4 heterocycles. The molecule has 3 aromatic heterocycles. The Bertz CT molecular complexity index is 1510. The average Bonchev–Trinajstić information content (AvgIpc) is 3.54. The normalized spacial score (nSPS) is 15.5. The van der Waals surface area contributed by atoms with Crippen molar-refractivity contribution in [1.29, 1.82) is 5.26 Å². The zero-order valence-electron chi connectivity index (χ0n) is 19.8. The predicted octanol–water partition coefficient (Wildman–Crippen LogP) is 4.37. The summed E-state index contributed by atoms with van der Waals surface area (Å²) in [7, 11) is 1.58. The van der Waals surface area contributed by atoms with E-state index in [1.165, 1.54) is 0 Å². The highest BCUT2D eigenvalue weighted by molar-refractivity contribution is 6.07. The maximum absolute atomic E-state index is 13.3. The van der Waals surface area contributed by atoms with Crippen molar-refractivity contribution in [3.05, 3.63) is 59.1 Å². The number of carbonyl (C=O) groups excluding carboxylic acids is 2. The maximum Gasteiger partial charge on any atom is 0.256 e. The number of amides is 2. The van der Waals surface area contributed by atoms with Gasteiger partial charge in [-0.2, -0.15) is 10.4 Å². The van der Waals surface area contributed by atoms with Crippen LogP contribution in [-0.4, -0.2) is 46.0 Å². The van der Waals surface area contributed by atoms with E-state index >= 15 is 0 Å². The maximum atomic E-state index is 13.3. The van der Waals surface area contributed by atoms with Crippen molar-refractivity contribution in [2.75, 3.05) is 13.6 Å². The molecule has 4 aromatic rings. The molecule has 1 saturated heterocycles. The van der Waals surface area contributed by atoms with Gasteiger partial charge in [0.15, 0.2) is 5.75 Å². The Morgan fingerprint density at radius 1 is 1.31 bits per heavy atom. The van der Waals surface area contributed by atoms with Gasteiger partial charge in [-0.25, -0.2) is 4.52 Å². The third-order valence-electron chi connectivity index (χ3n) is 6.60.